The molecule has 1 aliphatic rings. The van der Waals surface area contributed by atoms with E-state index in [2.05, 4.69) is 40.5 Å². The highest BCUT2D eigenvalue weighted by molar-refractivity contribution is 5.90. The molecule has 1 heterocycles. The number of benzene rings is 3. The predicted octanol–water partition coefficient (Wildman–Crippen LogP) is 4.34. The van der Waals surface area contributed by atoms with E-state index in [9.17, 15) is 4.79 Å². The first kappa shape index (κ1) is 19.5. The molecule has 1 fully saturated rings. The molecule has 0 radical (unpaired) electrons. The summed E-state index contributed by atoms with van der Waals surface area (Å²) >= 11 is 0. The Hall–Kier alpha value is -2.85. The molecule has 1 aliphatic heterocycles. The van der Waals surface area contributed by atoms with Crippen LogP contribution in [0.4, 0.5) is 0 Å². The smallest absolute Gasteiger partial charge is 0.224 e. The molecule has 0 aromatic heterocycles. The fraction of sp³-hybridized carbons (Fsp3) is 0.320. The third-order valence-electron chi connectivity index (χ3n) is 5.81. The van der Waals surface area contributed by atoms with Gasteiger partial charge in [-0.1, -0.05) is 54.6 Å². The molecule has 1 N–H and O–H groups in total. The maximum Gasteiger partial charge on any atom is 0.224 e. The van der Waals surface area contributed by atoms with Crippen LogP contribution in [0.5, 0.6) is 5.75 Å². The first-order valence-electron chi connectivity index (χ1n) is 10.4. The Morgan fingerprint density at radius 2 is 1.72 bits per heavy atom. The van der Waals surface area contributed by atoms with E-state index < -0.39 is 0 Å². The van der Waals surface area contributed by atoms with Crippen molar-refractivity contribution in [2.45, 2.75) is 25.3 Å². The van der Waals surface area contributed by atoms with Gasteiger partial charge in [-0.15, -0.1) is 0 Å². The van der Waals surface area contributed by atoms with Crippen LogP contribution in [0.1, 0.15) is 30.0 Å². The van der Waals surface area contributed by atoms with Crippen LogP contribution >= 0.6 is 0 Å². The normalized spacial score (nSPS) is 15.3. The van der Waals surface area contributed by atoms with Gasteiger partial charge in [-0.05, 0) is 60.0 Å². The molecule has 3 aromatic carbocycles. The van der Waals surface area contributed by atoms with Gasteiger partial charge in [0.1, 0.15) is 5.75 Å². The Morgan fingerprint density at radius 3 is 2.48 bits per heavy atom. The number of fused-ring (bicyclic) bond motifs is 1. The van der Waals surface area contributed by atoms with Gasteiger partial charge < -0.3 is 10.1 Å². The van der Waals surface area contributed by atoms with Gasteiger partial charge >= 0.3 is 0 Å². The molecule has 1 amide bonds. The molecule has 0 bridgehead atoms. The van der Waals surface area contributed by atoms with Gasteiger partial charge in [-0.3, -0.25) is 9.69 Å². The highest BCUT2D eigenvalue weighted by Crippen LogP contribution is 2.26. The molecule has 0 spiro atoms. The van der Waals surface area contributed by atoms with Crippen molar-refractivity contribution >= 4 is 16.7 Å². The average Bonchev–Trinajstić information content (AvgIpc) is 3.29. The van der Waals surface area contributed by atoms with Gasteiger partial charge in [0.2, 0.25) is 5.91 Å². The van der Waals surface area contributed by atoms with Crippen molar-refractivity contribution in [1.82, 2.24) is 10.2 Å². The minimum absolute atomic E-state index is 0.0686. The molecule has 1 saturated heterocycles. The first-order chi connectivity index (χ1) is 14.2. The van der Waals surface area contributed by atoms with Crippen molar-refractivity contribution < 1.29 is 9.53 Å². The van der Waals surface area contributed by atoms with Crippen LogP contribution in [0.2, 0.25) is 0 Å². The Bertz CT molecular complexity index is 957. The van der Waals surface area contributed by atoms with E-state index in [4.69, 9.17) is 4.74 Å². The maximum absolute atomic E-state index is 12.8. The number of rotatable bonds is 7. The number of methoxy groups -OCH3 is 1. The summed E-state index contributed by atoms with van der Waals surface area (Å²) in [4.78, 5) is 15.2. The second-order valence-electron chi connectivity index (χ2n) is 7.65. The minimum Gasteiger partial charge on any atom is -0.497 e. The SMILES string of the molecule is COc1ccc(C(CNC(=O)Cc2cccc3ccccc23)N2CCCC2)cc1. The van der Waals surface area contributed by atoms with Crippen molar-refractivity contribution in [1.29, 1.82) is 0 Å². The lowest BCUT2D eigenvalue weighted by molar-refractivity contribution is -0.120. The molecule has 29 heavy (non-hydrogen) atoms. The van der Waals surface area contributed by atoms with E-state index in [0.717, 1.165) is 29.8 Å². The molecule has 4 nitrogen and oxygen atoms in total. The van der Waals surface area contributed by atoms with E-state index in [1.807, 2.05) is 36.4 Å². The lowest BCUT2D eigenvalue weighted by Gasteiger charge is -2.28. The lowest BCUT2D eigenvalue weighted by Crippen LogP contribution is -2.37. The first-order valence-corrected chi connectivity index (χ1v) is 10.4. The van der Waals surface area contributed by atoms with Crippen LogP contribution in [-0.2, 0) is 11.2 Å². The highest BCUT2D eigenvalue weighted by Gasteiger charge is 2.24. The molecule has 4 rings (SSSR count). The predicted molar refractivity (Wildman–Crippen MR) is 117 cm³/mol. The third kappa shape index (κ3) is 4.60. The van der Waals surface area contributed by atoms with Crippen LogP contribution < -0.4 is 10.1 Å². The Kier molecular flexibility index (Phi) is 6.11. The molecule has 1 atom stereocenters. The summed E-state index contributed by atoms with van der Waals surface area (Å²) in [6.45, 7) is 2.78. The topological polar surface area (TPSA) is 41.6 Å². The summed E-state index contributed by atoms with van der Waals surface area (Å²) < 4.78 is 5.29. The number of carbonyl (C=O) groups is 1. The minimum atomic E-state index is 0.0686. The molecule has 150 valence electrons. The number of ether oxygens (including phenoxy) is 1. The van der Waals surface area contributed by atoms with E-state index in [1.54, 1.807) is 7.11 Å². The fourth-order valence-electron chi connectivity index (χ4n) is 4.23. The monoisotopic (exact) mass is 388 g/mol. The molecular formula is C25H28N2O2. The number of nitrogens with zero attached hydrogens (tertiary/aromatic N) is 1. The number of nitrogens with one attached hydrogen (secondary N) is 1. The van der Waals surface area contributed by atoms with Crippen LogP contribution in [0.25, 0.3) is 10.8 Å². The largest absolute Gasteiger partial charge is 0.497 e. The van der Waals surface area contributed by atoms with Gasteiger partial charge in [0, 0.05) is 6.54 Å². The molecule has 3 aromatic rings. The van der Waals surface area contributed by atoms with Crippen molar-refractivity contribution in [2.24, 2.45) is 0 Å². The summed E-state index contributed by atoms with van der Waals surface area (Å²) in [5.74, 6) is 0.924. The maximum atomic E-state index is 12.8. The van der Waals surface area contributed by atoms with Gasteiger partial charge in [0.05, 0.1) is 19.6 Å². The van der Waals surface area contributed by atoms with Gasteiger partial charge in [-0.2, -0.15) is 0 Å². The van der Waals surface area contributed by atoms with E-state index >= 15 is 0 Å². The van der Waals surface area contributed by atoms with E-state index in [1.165, 1.54) is 23.8 Å². The molecule has 1 unspecified atom stereocenters. The fourth-order valence-corrected chi connectivity index (χ4v) is 4.23. The van der Waals surface area contributed by atoms with Crippen molar-refractivity contribution in [3.05, 3.63) is 77.9 Å². The highest BCUT2D eigenvalue weighted by atomic mass is 16.5. The van der Waals surface area contributed by atoms with Crippen LogP contribution in [-0.4, -0.2) is 37.6 Å². The van der Waals surface area contributed by atoms with E-state index in [-0.39, 0.29) is 11.9 Å². The molecule has 0 saturated carbocycles. The lowest BCUT2D eigenvalue weighted by atomic mass is 10.0. The molecule has 0 aliphatic carbocycles. The number of hydrogen-bond donors (Lipinski definition) is 1. The number of amides is 1. The molecular weight excluding hydrogens is 360 g/mol. The Balaban J connectivity index is 1.45. The van der Waals surface area contributed by atoms with E-state index in [0.29, 0.717) is 13.0 Å². The summed E-state index contributed by atoms with van der Waals surface area (Å²) in [6.07, 6.45) is 2.84. The molecule has 4 heteroatoms. The summed E-state index contributed by atoms with van der Waals surface area (Å²) in [7, 11) is 1.68. The third-order valence-corrected chi connectivity index (χ3v) is 5.81. The summed E-state index contributed by atoms with van der Waals surface area (Å²) in [6, 6.07) is 22.8. The number of hydrogen-bond acceptors (Lipinski definition) is 3. The second kappa shape index (κ2) is 9.10. The number of likely N-dealkylation sites (tertiary alicyclic amines) is 1. The van der Waals surface area contributed by atoms with Gasteiger partial charge in [-0.25, -0.2) is 0 Å². The van der Waals surface area contributed by atoms with Crippen LogP contribution in [0, 0.1) is 0 Å². The van der Waals surface area contributed by atoms with Crippen LogP contribution in [0.15, 0.2) is 66.7 Å². The summed E-state index contributed by atoms with van der Waals surface area (Å²) in [5, 5.41) is 5.51. The zero-order valence-corrected chi connectivity index (χ0v) is 16.9. The number of carbonyl (C=O) groups excluding carboxylic acids is 1. The zero-order chi connectivity index (χ0) is 20.1. The Morgan fingerprint density at radius 1 is 1.00 bits per heavy atom. The summed E-state index contributed by atoms with van der Waals surface area (Å²) in [5.41, 5.74) is 2.29. The van der Waals surface area contributed by atoms with Crippen molar-refractivity contribution in [3.8, 4) is 5.75 Å². The average molecular weight is 389 g/mol. The Labute approximate surface area is 172 Å². The van der Waals surface area contributed by atoms with Crippen LogP contribution in [0.3, 0.4) is 0 Å². The second-order valence-corrected chi connectivity index (χ2v) is 7.65. The zero-order valence-electron chi connectivity index (χ0n) is 16.9. The van der Waals surface area contributed by atoms with Crippen molar-refractivity contribution in [2.75, 3.05) is 26.7 Å². The standard InChI is InChI=1S/C25H28N2O2/c1-29-22-13-11-20(12-14-22)24(27-15-4-5-16-27)18-26-25(28)17-21-9-6-8-19-7-2-3-10-23(19)21/h2-3,6-14,24H,4-5,15-18H2,1H3,(H,26,28). The van der Waals surface area contributed by atoms with Crippen molar-refractivity contribution in [3.63, 3.8) is 0 Å². The van der Waals surface area contributed by atoms with Gasteiger partial charge in [0.15, 0.2) is 0 Å². The van der Waals surface area contributed by atoms with Gasteiger partial charge in [0.25, 0.3) is 0 Å². The quantitative estimate of drug-likeness (QED) is 0.654.